The fourth-order valence-electron chi connectivity index (χ4n) is 8.46. The maximum absolute atomic E-state index is 3.94. The summed E-state index contributed by atoms with van der Waals surface area (Å²) in [6, 6.07) is 36.8. The molecule has 2 unspecified atom stereocenters. The van der Waals surface area contributed by atoms with Crippen LogP contribution in [-0.4, -0.2) is 16.1 Å². The Morgan fingerprint density at radius 3 is 1.32 bits per heavy atom. The van der Waals surface area contributed by atoms with E-state index in [2.05, 4.69) is 137 Å². The molecule has 0 amide bonds. The van der Waals surface area contributed by atoms with E-state index >= 15 is 0 Å². The fourth-order valence-corrected chi connectivity index (χ4v) is 34.7. The van der Waals surface area contributed by atoms with Gasteiger partial charge in [0.05, 0.1) is 0 Å². The third-order valence-corrected chi connectivity index (χ3v) is 34.4. The van der Waals surface area contributed by atoms with Gasteiger partial charge in [-0.2, -0.15) is 0 Å². The second kappa shape index (κ2) is 9.06. The van der Waals surface area contributed by atoms with E-state index in [1.54, 1.807) is 22.3 Å². The number of fused-ring (bicyclic) bond motifs is 10. The Morgan fingerprint density at radius 1 is 0.550 bits per heavy atom. The normalized spacial score (nSPS) is 17.1. The Bertz CT molecular complexity index is 1920. The van der Waals surface area contributed by atoms with Crippen LogP contribution < -0.4 is 0 Å². The summed E-state index contributed by atoms with van der Waals surface area (Å²) in [6.45, 7) is 2.45. The van der Waals surface area contributed by atoms with Crippen LogP contribution in [0.25, 0.3) is 44.3 Å². The SMILES string of the molecule is Cl.Cl.Cn1c2c(c3ccccc31)[CH]([Hf]([CH3])([CH3])(=[SiH2])[CH]1c3ccccc3-c3c1c1ccccc1n3C)c1ccccc1-2. The van der Waals surface area contributed by atoms with Crippen molar-refractivity contribution in [1.29, 1.82) is 0 Å². The molecule has 0 spiro atoms. The van der Waals surface area contributed by atoms with Crippen molar-refractivity contribution in [3.05, 3.63) is 119 Å². The summed E-state index contributed by atoms with van der Waals surface area (Å²) in [6.07, 6.45) is 0. The first-order valence-electron chi connectivity index (χ1n) is 13.7. The number of hydrogen-bond donors (Lipinski definition) is 0. The quantitative estimate of drug-likeness (QED) is 0.157. The topological polar surface area (TPSA) is 9.86 Å². The molecule has 0 radical (unpaired) electrons. The summed E-state index contributed by atoms with van der Waals surface area (Å²) in [5.41, 5.74) is 14.8. The van der Waals surface area contributed by atoms with Crippen molar-refractivity contribution < 1.29 is 17.1 Å². The van der Waals surface area contributed by atoms with E-state index in [1.165, 1.54) is 44.3 Å². The number of nitrogens with zero attached hydrogens (tertiary/aromatic N) is 2. The average Bonchev–Trinajstić information content (AvgIpc) is 3.62. The first-order valence-corrected chi connectivity index (χ1v) is 33.3. The number of rotatable bonds is 2. The van der Waals surface area contributed by atoms with Crippen molar-refractivity contribution in [2.75, 3.05) is 0 Å². The van der Waals surface area contributed by atoms with Gasteiger partial charge >= 0.3 is 228 Å². The third kappa shape index (κ3) is 3.31. The van der Waals surface area contributed by atoms with Crippen LogP contribution >= 0.6 is 24.8 Å². The molecule has 0 bridgehead atoms. The van der Waals surface area contributed by atoms with Crippen molar-refractivity contribution in [3.8, 4) is 22.5 Å². The van der Waals surface area contributed by atoms with Crippen LogP contribution in [0.3, 0.4) is 0 Å². The molecule has 2 aliphatic carbocycles. The summed E-state index contributed by atoms with van der Waals surface area (Å²) < 4.78 is 11.4. The molecular formula is C34H34Cl2HfN2Si. The molecular weight excluding hydrogens is 714 g/mol. The van der Waals surface area contributed by atoms with Gasteiger partial charge in [-0.3, -0.25) is 0 Å². The molecule has 2 atom stereocenters. The van der Waals surface area contributed by atoms with Gasteiger partial charge in [0.2, 0.25) is 0 Å². The van der Waals surface area contributed by atoms with Gasteiger partial charge in [0.25, 0.3) is 0 Å². The average molecular weight is 748 g/mol. The summed E-state index contributed by atoms with van der Waals surface area (Å²) in [5.74, 6) is 0. The molecule has 6 aromatic rings. The van der Waals surface area contributed by atoms with Crippen LogP contribution in [0, 0.1) is 0 Å². The third-order valence-electron chi connectivity index (χ3n) is 9.82. The molecule has 2 nitrogen and oxygen atoms in total. The molecule has 8 rings (SSSR count). The number of para-hydroxylation sites is 2. The van der Waals surface area contributed by atoms with Crippen molar-refractivity contribution in [3.63, 3.8) is 0 Å². The molecule has 40 heavy (non-hydrogen) atoms. The molecule has 0 saturated heterocycles. The van der Waals surface area contributed by atoms with Gasteiger partial charge in [-0.15, -0.1) is 24.8 Å². The standard InChI is InChI=1S/2C16H12N.2CH3.2ClH.Hf.H2Si/c2*1-17-15-9-5-4-8-13(15)14-10-11-6-2-3-7-12(11)16(14)17;;;;;;/h2*2-10H,1H3;2*1H3;2*1H;;1H2. The summed E-state index contributed by atoms with van der Waals surface area (Å²) >= 11 is -3.94. The maximum atomic E-state index is 2.77. The van der Waals surface area contributed by atoms with Gasteiger partial charge < -0.3 is 0 Å². The first-order chi connectivity index (χ1) is 18.3. The Balaban J connectivity index is 0.00000145. The van der Waals surface area contributed by atoms with Gasteiger partial charge in [-0.1, -0.05) is 0 Å². The van der Waals surface area contributed by atoms with E-state index < -0.39 is 17.1 Å². The Hall–Kier alpha value is -2.37. The number of halogens is 2. The monoisotopic (exact) mass is 748 g/mol. The Labute approximate surface area is 250 Å². The fraction of sp³-hybridized carbons (Fsp3) is 0.176. The number of hydrogen-bond acceptors (Lipinski definition) is 0. The van der Waals surface area contributed by atoms with E-state index in [0.717, 1.165) is 0 Å². The Kier molecular flexibility index (Phi) is 6.29. The molecule has 6 heteroatoms. The predicted octanol–water partition coefficient (Wildman–Crippen LogP) is 8.69. The van der Waals surface area contributed by atoms with E-state index in [9.17, 15) is 0 Å². The molecule has 0 N–H and O–H groups in total. The molecule has 0 saturated carbocycles. The first kappa shape index (κ1) is 27.8. The molecule has 4 aromatic carbocycles. The van der Waals surface area contributed by atoms with Crippen LogP contribution in [0.15, 0.2) is 97.1 Å². The zero-order valence-electron chi connectivity index (χ0n) is 23.3. The van der Waals surface area contributed by atoms with Crippen molar-refractivity contribution in [1.82, 2.24) is 9.13 Å². The van der Waals surface area contributed by atoms with Gasteiger partial charge in [-0.05, 0) is 0 Å². The van der Waals surface area contributed by atoms with E-state index in [1.807, 2.05) is 0 Å². The van der Waals surface area contributed by atoms with E-state index in [0.29, 0.717) is 7.35 Å². The van der Waals surface area contributed by atoms with Crippen LogP contribution in [0.4, 0.5) is 0 Å². The van der Waals surface area contributed by atoms with Crippen molar-refractivity contribution >= 4 is 53.6 Å². The zero-order valence-corrected chi connectivity index (χ0v) is 30.0. The predicted molar refractivity (Wildman–Crippen MR) is 175 cm³/mol. The van der Waals surface area contributed by atoms with Crippen molar-refractivity contribution in [2.45, 2.75) is 16.7 Å². The van der Waals surface area contributed by atoms with Crippen molar-refractivity contribution in [2.24, 2.45) is 14.1 Å². The van der Waals surface area contributed by atoms with E-state index in [4.69, 9.17) is 0 Å². The number of aromatic nitrogens is 2. The summed E-state index contributed by atoms with van der Waals surface area (Å²) in [4.78, 5) is 0. The molecule has 2 aromatic heterocycles. The molecule has 2 heterocycles. The number of aryl methyl sites for hydroxylation is 2. The second-order valence-electron chi connectivity index (χ2n) is 12.7. The number of benzene rings is 4. The van der Waals surface area contributed by atoms with Gasteiger partial charge in [-0.25, -0.2) is 0 Å². The minimum atomic E-state index is -3.94. The molecule has 2 aliphatic rings. The summed E-state index contributed by atoms with van der Waals surface area (Å²) in [7, 11) is 4.53. The Morgan fingerprint density at radius 2 is 0.900 bits per heavy atom. The van der Waals surface area contributed by atoms with Crippen LogP contribution in [0.2, 0.25) is 9.36 Å². The summed E-state index contributed by atoms with van der Waals surface area (Å²) in [5, 5.41) is 2.88. The van der Waals surface area contributed by atoms with E-state index in [-0.39, 0.29) is 24.8 Å². The van der Waals surface area contributed by atoms with Crippen LogP contribution in [-0.2, 0) is 31.2 Å². The molecule has 0 aliphatic heterocycles. The molecule has 0 fully saturated rings. The van der Waals surface area contributed by atoms with Gasteiger partial charge in [0.15, 0.2) is 0 Å². The van der Waals surface area contributed by atoms with Gasteiger partial charge in [0, 0.05) is 0 Å². The van der Waals surface area contributed by atoms with Gasteiger partial charge in [0.1, 0.15) is 0 Å². The second-order valence-corrected chi connectivity index (χ2v) is 56.2. The van der Waals surface area contributed by atoms with Crippen LogP contribution in [0.1, 0.15) is 29.6 Å². The van der Waals surface area contributed by atoms with Crippen LogP contribution in [0.5, 0.6) is 0 Å². The minimum absolute atomic E-state index is 0. The zero-order chi connectivity index (χ0) is 26.0. The molecule has 202 valence electrons.